The van der Waals surface area contributed by atoms with Gasteiger partial charge < -0.3 is 20.1 Å². The summed E-state index contributed by atoms with van der Waals surface area (Å²) in [5.74, 6) is 1.83. The number of carbonyl (C=O) groups is 1. The molecule has 0 spiro atoms. The molecule has 1 aliphatic heterocycles. The molecule has 1 aliphatic carbocycles. The van der Waals surface area contributed by atoms with Crippen LogP contribution in [0.2, 0.25) is 5.02 Å². The van der Waals surface area contributed by atoms with E-state index in [9.17, 15) is 9.18 Å². The molecule has 1 saturated carbocycles. The smallest absolute Gasteiger partial charge is 0.253 e. The van der Waals surface area contributed by atoms with Gasteiger partial charge >= 0.3 is 0 Å². The Morgan fingerprint density at radius 2 is 1.93 bits per heavy atom. The second-order valence-corrected chi connectivity index (χ2v) is 10.7. The number of benzene rings is 1. The van der Waals surface area contributed by atoms with Crippen molar-refractivity contribution in [2.45, 2.75) is 51.2 Å². The maximum Gasteiger partial charge on any atom is 0.253 e. The maximum atomic E-state index is 14.5. The summed E-state index contributed by atoms with van der Waals surface area (Å²) >= 11 is 6.07. The average molecular weight is 581 g/mol. The molecule has 0 bridgehead atoms. The van der Waals surface area contributed by atoms with E-state index in [-0.39, 0.29) is 42.8 Å². The molecule has 3 aromatic rings. The molecule has 5 rings (SSSR count). The number of rotatable bonds is 10. The van der Waals surface area contributed by atoms with E-state index in [0.717, 1.165) is 49.4 Å². The van der Waals surface area contributed by atoms with Crippen LogP contribution in [0.15, 0.2) is 61.3 Å². The molecular formula is C30H34ClFN6O3. The molecular weight excluding hydrogens is 547 g/mol. The molecule has 0 radical (unpaired) electrons. The first-order valence-electron chi connectivity index (χ1n) is 13.9. The van der Waals surface area contributed by atoms with Gasteiger partial charge in [-0.3, -0.25) is 14.7 Å². The lowest BCUT2D eigenvalue weighted by molar-refractivity contribution is 0.0918. The molecule has 1 atom stereocenters. The number of aromatic nitrogens is 3. The zero-order valence-electron chi connectivity index (χ0n) is 23.0. The predicted molar refractivity (Wildman–Crippen MR) is 156 cm³/mol. The molecule has 2 aromatic heterocycles. The second-order valence-electron chi connectivity index (χ2n) is 10.3. The van der Waals surface area contributed by atoms with Crippen LogP contribution < -0.4 is 19.9 Å². The number of alkyl halides is 1. The van der Waals surface area contributed by atoms with E-state index < -0.39 is 6.17 Å². The number of aliphatic hydroxyl groups is 1. The lowest BCUT2D eigenvalue weighted by atomic mass is 9.85. The van der Waals surface area contributed by atoms with E-state index in [1.165, 1.54) is 18.5 Å². The van der Waals surface area contributed by atoms with Crippen molar-refractivity contribution < 1.29 is 19.0 Å². The number of hydrogen-bond donors (Lipinski definition) is 2. The number of nitrogens with one attached hydrogen (secondary N) is 1. The Balaban J connectivity index is 1.22. The summed E-state index contributed by atoms with van der Waals surface area (Å²) in [6, 6.07) is 9.59. The third kappa shape index (κ3) is 6.28. The van der Waals surface area contributed by atoms with Gasteiger partial charge in [-0.05, 0) is 56.2 Å². The lowest BCUT2D eigenvalue weighted by Gasteiger charge is -2.33. The molecule has 41 heavy (non-hydrogen) atoms. The first kappa shape index (κ1) is 28.8. The first-order valence-corrected chi connectivity index (χ1v) is 14.3. The number of carbonyl (C=O) groups excluding carboxylic acids is 1. The predicted octanol–water partition coefficient (Wildman–Crippen LogP) is 5.73. The summed E-state index contributed by atoms with van der Waals surface area (Å²) in [5, 5.41) is 12.4. The summed E-state index contributed by atoms with van der Waals surface area (Å²) in [4.78, 5) is 30.2. The van der Waals surface area contributed by atoms with Crippen LogP contribution in [0.1, 0.15) is 61.3 Å². The fraction of sp³-hybridized carbons (Fsp3) is 0.400. The molecule has 1 aromatic carbocycles. The fourth-order valence-electron chi connectivity index (χ4n) is 5.47. The summed E-state index contributed by atoms with van der Waals surface area (Å²) in [6.07, 6.45) is 6.96. The van der Waals surface area contributed by atoms with Gasteiger partial charge in [0.1, 0.15) is 18.6 Å². The fourth-order valence-corrected chi connectivity index (χ4v) is 5.63. The van der Waals surface area contributed by atoms with Crippen molar-refractivity contribution in [2.24, 2.45) is 5.92 Å². The number of nitrogens with zero attached hydrogens (tertiary/aromatic N) is 5. The Morgan fingerprint density at radius 3 is 2.61 bits per heavy atom. The Morgan fingerprint density at radius 1 is 1.17 bits per heavy atom. The number of pyridine rings is 1. The maximum absolute atomic E-state index is 14.5. The SMILES string of the molecule is C=C1N(C[C@H]2CC[C@H](NC(=O)c3cc(Cl)cnc3[C@@H](F)CC)CC2)c2ccccc2N1c1cnc(OCCO)cn1. The molecule has 11 heteroatoms. The standard InChI is InChI=1S/C30H34ClFN6O3/c1-3-24(32)29-23(14-21(31)15-35-29)30(40)36-22-10-8-20(9-11-22)18-37-19(2)38(26-7-5-4-6-25(26)37)27-16-34-28(17-33-27)41-13-12-39/h4-7,14-17,20,22,24,39H,2-3,8-13,18H2,1H3,(H,36,40)/t20-,22-,24-/m0/s1. The van der Waals surface area contributed by atoms with Crippen LogP contribution in [0.25, 0.3) is 0 Å². The molecule has 1 fully saturated rings. The van der Waals surface area contributed by atoms with Gasteiger partial charge in [0.15, 0.2) is 5.82 Å². The minimum Gasteiger partial charge on any atom is -0.474 e. The average Bonchev–Trinajstić information content (AvgIpc) is 3.27. The van der Waals surface area contributed by atoms with Gasteiger partial charge in [0, 0.05) is 18.8 Å². The molecule has 3 heterocycles. The lowest BCUT2D eigenvalue weighted by Crippen LogP contribution is -2.40. The highest BCUT2D eigenvalue weighted by Gasteiger charge is 2.34. The third-order valence-corrected chi connectivity index (χ3v) is 7.78. The number of anilines is 3. The number of amides is 1. The Bertz CT molecular complexity index is 1380. The van der Waals surface area contributed by atoms with Crippen LogP contribution in [0.5, 0.6) is 5.88 Å². The topological polar surface area (TPSA) is 104 Å². The summed E-state index contributed by atoms with van der Waals surface area (Å²) in [6.45, 7) is 6.94. The van der Waals surface area contributed by atoms with Gasteiger partial charge in [0.05, 0.1) is 46.7 Å². The molecule has 1 amide bonds. The minimum atomic E-state index is -1.32. The van der Waals surface area contributed by atoms with Gasteiger partial charge in [-0.25, -0.2) is 14.4 Å². The van der Waals surface area contributed by atoms with Gasteiger partial charge in [0.25, 0.3) is 5.91 Å². The van der Waals surface area contributed by atoms with Gasteiger partial charge in [-0.2, -0.15) is 0 Å². The van der Waals surface area contributed by atoms with Crippen molar-refractivity contribution in [2.75, 3.05) is 29.6 Å². The van der Waals surface area contributed by atoms with Crippen molar-refractivity contribution >= 4 is 34.7 Å². The molecule has 216 valence electrons. The van der Waals surface area contributed by atoms with Crippen molar-refractivity contribution in [3.05, 3.63) is 77.6 Å². The molecule has 0 saturated heterocycles. The normalized spacial score (nSPS) is 19.2. The van der Waals surface area contributed by atoms with Crippen molar-refractivity contribution in [3.63, 3.8) is 0 Å². The largest absolute Gasteiger partial charge is 0.474 e. The van der Waals surface area contributed by atoms with Crippen LogP contribution >= 0.6 is 11.6 Å². The first-order chi connectivity index (χ1) is 19.9. The number of halogens is 2. The Labute approximate surface area is 244 Å². The summed E-state index contributed by atoms with van der Waals surface area (Å²) < 4.78 is 19.8. The van der Waals surface area contributed by atoms with Crippen LogP contribution in [0.4, 0.5) is 21.6 Å². The molecule has 2 N–H and O–H groups in total. The van der Waals surface area contributed by atoms with Crippen LogP contribution in [-0.4, -0.2) is 51.8 Å². The highest BCUT2D eigenvalue weighted by Crippen LogP contribution is 2.45. The minimum absolute atomic E-state index is 0.00215. The number of hydrogen-bond acceptors (Lipinski definition) is 8. The zero-order valence-corrected chi connectivity index (χ0v) is 23.7. The number of fused-ring (bicyclic) bond motifs is 1. The zero-order chi connectivity index (χ0) is 28.9. The Hall–Kier alpha value is -3.76. The van der Waals surface area contributed by atoms with Crippen molar-refractivity contribution in [1.29, 1.82) is 0 Å². The van der Waals surface area contributed by atoms with E-state index in [2.05, 4.69) is 37.8 Å². The quantitative estimate of drug-likeness (QED) is 0.313. The number of para-hydroxylation sites is 2. The van der Waals surface area contributed by atoms with E-state index >= 15 is 0 Å². The number of ether oxygens (including phenoxy) is 1. The monoisotopic (exact) mass is 580 g/mol. The molecule has 2 aliphatic rings. The molecule has 0 unspecified atom stereocenters. The Kier molecular flexibility index (Phi) is 8.99. The van der Waals surface area contributed by atoms with E-state index in [0.29, 0.717) is 22.6 Å². The molecule has 9 nitrogen and oxygen atoms in total. The van der Waals surface area contributed by atoms with Gasteiger partial charge in [-0.1, -0.05) is 37.2 Å². The van der Waals surface area contributed by atoms with Crippen molar-refractivity contribution in [1.82, 2.24) is 20.3 Å². The number of aliphatic hydroxyl groups excluding tert-OH is 1. The van der Waals surface area contributed by atoms with Crippen molar-refractivity contribution in [3.8, 4) is 5.88 Å². The van der Waals surface area contributed by atoms with E-state index in [4.69, 9.17) is 21.4 Å². The highest BCUT2D eigenvalue weighted by molar-refractivity contribution is 6.30. The van der Waals surface area contributed by atoms with Gasteiger partial charge in [-0.15, -0.1) is 0 Å². The summed E-state index contributed by atoms with van der Waals surface area (Å²) in [7, 11) is 0. The van der Waals surface area contributed by atoms with Crippen LogP contribution in [0, 0.1) is 5.92 Å². The van der Waals surface area contributed by atoms with E-state index in [1.54, 1.807) is 13.1 Å². The van der Waals surface area contributed by atoms with Gasteiger partial charge in [0.2, 0.25) is 5.88 Å². The van der Waals surface area contributed by atoms with E-state index in [1.807, 2.05) is 23.1 Å². The van der Waals surface area contributed by atoms with Crippen LogP contribution in [0.3, 0.4) is 0 Å². The third-order valence-electron chi connectivity index (χ3n) is 7.58. The second kappa shape index (κ2) is 12.8. The highest BCUT2D eigenvalue weighted by atomic mass is 35.5. The summed E-state index contributed by atoms with van der Waals surface area (Å²) in [5.41, 5.74) is 2.36. The van der Waals surface area contributed by atoms with Crippen LogP contribution in [-0.2, 0) is 0 Å².